The van der Waals surface area contributed by atoms with Crippen LogP contribution in [0.5, 0.6) is 0 Å². The van der Waals surface area contributed by atoms with E-state index in [0.29, 0.717) is 5.69 Å². The van der Waals surface area contributed by atoms with Gasteiger partial charge in [0.25, 0.3) is 0 Å². The van der Waals surface area contributed by atoms with Crippen LogP contribution in [0.15, 0.2) is 36.5 Å². The molecule has 2 aromatic rings. The molecule has 0 fully saturated rings. The van der Waals surface area contributed by atoms with Crippen LogP contribution in [0.25, 0.3) is 5.69 Å². The minimum absolute atomic E-state index is 0.221. The summed E-state index contributed by atoms with van der Waals surface area (Å²) in [5, 5.41) is 7.06. The Morgan fingerprint density at radius 3 is 2.56 bits per heavy atom. The van der Waals surface area contributed by atoms with Gasteiger partial charge in [0, 0.05) is 0 Å². The molecule has 0 unspecified atom stereocenters. The number of aromatic nitrogens is 3. The predicted molar refractivity (Wildman–Crippen MR) is 51.7 cm³/mol. The van der Waals surface area contributed by atoms with Crippen molar-refractivity contribution in [2.75, 3.05) is 0 Å². The van der Waals surface area contributed by atoms with Gasteiger partial charge >= 0.3 is 6.43 Å². The first kappa shape index (κ1) is 10.4. The molecular formula is C10H7F2N3O. The molecule has 0 saturated heterocycles. The normalized spacial score (nSPS) is 10.7. The molecule has 0 aliphatic rings. The average molecular weight is 223 g/mol. The fourth-order valence-corrected chi connectivity index (χ4v) is 1.27. The standard InChI is InChI=1S/C10H7F2N3O/c11-10(12)9(16)8-6-13-14-15(8)7-4-2-1-3-5-7/h1-6,10H. The molecular weight excluding hydrogens is 216 g/mol. The van der Waals surface area contributed by atoms with Crippen molar-refractivity contribution in [2.24, 2.45) is 0 Å². The molecule has 0 bridgehead atoms. The molecule has 0 amide bonds. The smallest absolute Gasteiger partial charge is 0.286 e. The minimum Gasteiger partial charge on any atom is -0.286 e. The maximum absolute atomic E-state index is 12.3. The molecule has 2 rings (SSSR count). The van der Waals surface area contributed by atoms with Gasteiger partial charge in [0.05, 0.1) is 11.9 Å². The topological polar surface area (TPSA) is 47.8 Å². The number of rotatable bonds is 3. The van der Waals surface area contributed by atoms with Crippen molar-refractivity contribution in [3.63, 3.8) is 0 Å². The SMILES string of the molecule is O=C(c1cnnn1-c1ccccc1)C(F)F. The van der Waals surface area contributed by atoms with Crippen LogP contribution < -0.4 is 0 Å². The highest BCUT2D eigenvalue weighted by molar-refractivity contribution is 5.97. The summed E-state index contributed by atoms with van der Waals surface area (Å²) in [6.07, 6.45) is -2.03. The number of alkyl halides is 2. The van der Waals surface area contributed by atoms with Crippen molar-refractivity contribution in [3.05, 3.63) is 42.2 Å². The lowest BCUT2D eigenvalue weighted by Gasteiger charge is -2.03. The fraction of sp³-hybridized carbons (Fsp3) is 0.100. The molecule has 0 saturated carbocycles. The van der Waals surface area contributed by atoms with E-state index in [1.54, 1.807) is 30.3 Å². The number of carbonyl (C=O) groups excluding carboxylic acids is 1. The Balaban J connectivity index is 2.45. The molecule has 0 N–H and O–H groups in total. The second kappa shape index (κ2) is 4.18. The number of Topliss-reactive ketones (excluding diaryl/α,β-unsaturated/α-hetero) is 1. The van der Waals surface area contributed by atoms with Crippen molar-refractivity contribution in [3.8, 4) is 5.69 Å². The lowest BCUT2D eigenvalue weighted by molar-refractivity contribution is 0.0670. The average Bonchev–Trinajstić information content (AvgIpc) is 2.77. The minimum atomic E-state index is -3.05. The van der Waals surface area contributed by atoms with Crippen molar-refractivity contribution >= 4 is 5.78 Å². The Kier molecular flexibility index (Phi) is 2.72. The summed E-state index contributed by atoms with van der Waals surface area (Å²) in [6.45, 7) is 0. The highest BCUT2D eigenvalue weighted by Crippen LogP contribution is 2.12. The lowest BCUT2D eigenvalue weighted by atomic mass is 10.2. The van der Waals surface area contributed by atoms with Crippen LogP contribution in [0.1, 0.15) is 10.5 Å². The number of nitrogens with zero attached hydrogens (tertiary/aromatic N) is 3. The number of benzene rings is 1. The Labute approximate surface area is 89.5 Å². The van der Waals surface area contributed by atoms with Crippen molar-refractivity contribution in [1.82, 2.24) is 15.0 Å². The molecule has 16 heavy (non-hydrogen) atoms. The molecule has 0 aliphatic heterocycles. The van der Waals surface area contributed by atoms with Gasteiger partial charge in [-0.25, -0.2) is 13.5 Å². The highest BCUT2D eigenvalue weighted by atomic mass is 19.3. The first-order chi connectivity index (χ1) is 7.70. The van der Waals surface area contributed by atoms with Crippen LogP contribution in [0.2, 0.25) is 0 Å². The van der Waals surface area contributed by atoms with Crippen LogP contribution >= 0.6 is 0 Å². The van der Waals surface area contributed by atoms with Crippen LogP contribution in [0, 0.1) is 0 Å². The molecule has 1 aromatic carbocycles. The van der Waals surface area contributed by atoms with E-state index in [2.05, 4.69) is 10.3 Å². The molecule has 0 radical (unpaired) electrons. The maximum atomic E-state index is 12.3. The summed E-state index contributed by atoms with van der Waals surface area (Å²) in [5.41, 5.74) is 0.296. The van der Waals surface area contributed by atoms with E-state index in [4.69, 9.17) is 0 Å². The second-order valence-electron chi connectivity index (χ2n) is 3.03. The van der Waals surface area contributed by atoms with E-state index in [1.807, 2.05) is 0 Å². The zero-order chi connectivity index (χ0) is 11.5. The van der Waals surface area contributed by atoms with E-state index >= 15 is 0 Å². The van der Waals surface area contributed by atoms with Crippen LogP contribution in [-0.4, -0.2) is 27.2 Å². The summed E-state index contributed by atoms with van der Waals surface area (Å²) < 4.78 is 25.6. The Hall–Kier alpha value is -2.11. The fourth-order valence-electron chi connectivity index (χ4n) is 1.27. The Morgan fingerprint density at radius 2 is 1.94 bits per heavy atom. The molecule has 1 heterocycles. The summed E-state index contributed by atoms with van der Waals surface area (Å²) in [5.74, 6) is -1.28. The molecule has 1 aromatic heterocycles. The number of hydrogen-bond acceptors (Lipinski definition) is 3. The summed E-state index contributed by atoms with van der Waals surface area (Å²) in [7, 11) is 0. The van der Waals surface area contributed by atoms with Gasteiger partial charge in [0.1, 0.15) is 5.69 Å². The number of hydrogen-bond donors (Lipinski definition) is 0. The van der Waals surface area contributed by atoms with E-state index in [0.717, 1.165) is 10.9 Å². The number of carbonyl (C=O) groups is 1. The van der Waals surface area contributed by atoms with Gasteiger partial charge in [-0.2, -0.15) is 0 Å². The van der Waals surface area contributed by atoms with E-state index in [1.165, 1.54) is 0 Å². The van der Waals surface area contributed by atoms with Crippen molar-refractivity contribution < 1.29 is 13.6 Å². The highest BCUT2D eigenvalue weighted by Gasteiger charge is 2.23. The second-order valence-corrected chi connectivity index (χ2v) is 3.03. The van der Waals surface area contributed by atoms with Gasteiger partial charge < -0.3 is 0 Å². The molecule has 4 nitrogen and oxygen atoms in total. The largest absolute Gasteiger partial charge is 0.302 e. The van der Waals surface area contributed by atoms with E-state index < -0.39 is 12.2 Å². The third-order valence-electron chi connectivity index (χ3n) is 2.00. The van der Waals surface area contributed by atoms with Crippen LogP contribution in [-0.2, 0) is 0 Å². The summed E-state index contributed by atoms with van der Waals surface area (Å²) in [6, 6.07) is 8.50. The Bertz CT molecular complexity index is 496. The van der Waals surface area contributed by atoms with Crippen molar-refractivity contribution in [1.29, 1.82) is 0 Å². The van der Waals surface area contributed by atoms with Crippen LogP contribution in [0.4, 0.5) is 8.78 Å². The first-order valence-electron chi connectivity index (χ1n) is 4.48. The Morgan fingerprint density at radius 1 is 1.25 bits per heavy atom. The van der Waals surface area contributed by atoms with Gasteiger partial charge in [-0.15, -0.1) is 5.10 Å². The van der Waals surface area contributed by atoms with Gasteiger partial charge in [-0.3, -0.25) is 4.79 Å². The van der Waals surface area contributed by atoms with Crippen LogP contribution in [0.3, 0.4) is 0 Å². The number of ketones is 1. The predicted octanol–water partition coefficient (Wildman–Crippen LogP) is 1.72. The molecule has 0 aliphatic carbocycles. The van der Waals surface area contributed by atoms with Gasteiger partial charge in [0.2, 0.25) is 5.78 Å². The number of halogens is 2. The molecule has 0 atom stereocenters. The van der Waals surface area contributed by atoms with E-state index in [9.17, 15) is 13.6 Å². The maximum Gasteiger partial charge on any atom is 0.302 e. The quantitative estimate of drug-likeness (QED) is 0.744. The number of para-hydroxylation sites is 1. The first-order valence-corrected chi connectivity index (χ1v) is 4.48. The third-order valence-corrected chi connectivity index (χ3v) is 2.00. The van der Waals surface area contributed by atoms with Gasteiger partial charge in [-0.1, -0.05) is 23.4 Å². The van der Waals surface area contributed by atoms with E-state index in [-0.39, 0.29) is 5.69 Å². The molecule has 0 spiro atoms. The van der Waals surface area contributed by atoms with Gasteiger partial charge in [-0.05, 0) is 12.1 Å². The van der Waals surface area contributed by atoms with Crippen molar-refractivity contribution in [2.45, 2.75) is 6.43 Å². The molecule has 6 heteroatoms. The van der Waals surface area contributed by atoms with Gasteiger partial charge in [0.15, 0.2) is 0 Å². The third kappa shape index (κ3) is 1.81. The summed E-state index contributed by atoms with van der Waals surface area (Å²) in [4.78, 5) is 11.1. The zero-order valence-electron chi connectivity index (χ0n) is 8.05. The lowest BCUT2D eigenvalue weighted by Crippen LogP contribution is -2.15. The zero-order valence-corrected chi connectivity index (χ0v) is 8.05. The molecule has 82 valence electrons. The summed E-state index contributed by atoms with van der Waals surface area (Å²) >= 11 is 0. The monoisotopic (exact) mass is 223 g/mol.